The molecule has 0 fully saturated rings. The first-order chi connectivity index (χ1) is 31.7. The number of hydrogen-bond donors (Lipinski definition) is 0. The number of nitrogens with zero attached hydrogens (tertiary/aromatic N) is 2. The maximum Gasteiger partial charge on any atom is 0.0543 e. The van der Waals surface area contributed by atoms with Gasteiger partial charge in [0.15, 0.2) is 0 Å². The third-order valence-electron chi connectivity index (χ3n) is 12.5. The summed E-state index contributed by atoms with van der Waals surface area (Å²) in [6, 6.07) is 87.8. The molecule has 2 heteroatoms. The predicted molar refractivity (Wildman–Crippen MR) is 272 cm³/mol. The van der Waals surface area contributed by atoms with Crippen LogP contribution >= 0.6 is 0 Å². The molecule has 0 bridgehead atoms. The zero-order chi connectivity index (χ0) is 42.7. The molecule has 11 rings (SSSR count). The van der Waals surface area contributed by atoms with E-state index in [0.717, 1.165) is 41.3 Å². The quantitative estimate of drug-likeness (QED) is 0.136. The molecule has 0 aromatic heterocycles. The molecule has 304 valence electrons. The summed E-state index contributed by atoms with van der Waals surface area (Å²) in [5, 5.41) is 5.18. The van der Waals surface area contributed by atoms with Gasteiger partial charge in [-0.05, 0) is 140 Å². The molecule has 2 nitrogen and oxygen atoms in total. The van der Waals surface area contributed by atoms with Crippen LogP contribution < -0.4 is 20.2 Å². The summed E-state index contributed by atoms with van der Waals surface area (Å²) in [7, 11) is 0. The average molecular weight is 819 g/mol. The topological polar surface area (TPSA) is 6.48 Å². The molecule has 1 aliphatic rings. The van der Waals surface area contributed by atoms with Gasteiger partial charge in [-0.25, -0.2) is 0 Å². The molecule has 0 amide bonds. The highest BCUT2D eigenvalue weighted by atomic mass is 15.1. The molecule has 0 radical (unpaired) electrons. The van der Waals surface area contributed by atoms with E-state index in [1.165, 1.54) is 71.4 Å². The van der Waals surface area contributed by atoms with Crippen molar-refractivity contribution in [2.24, 2.45) is 0 Å². The zero-order valence-corrected chi connectivity index (χ0v) is 35.6. The van der Waals surface area contributed by atoms with Gasteiger partial charge in [-0.15, -0.1) is 0 Å². The lowest BCUT2D eigenvalue weighted by Crippen LogP contribution is -2.33. The summed E-state index contributed by atoms with van der Waals surface area (Å²) < 4.78 is 0. The second-order valence-corrected chi connectivity index (χ2v) is 16.4. The Morgan fingerprint density at radius 3 is 0.922 bits per heavy atom. The van der Waals surface area contributed by atoms with Gasteiger partial charge in [-0.3, -0.25) is 0 Å². The minimum absolute atomic E-state index is 1.03. The van der Waals surface area contributed by atoms with Crippen LogP contribution in [0.4, 0.5) is 34.1 Å². The average Bonchev–Trinajstić information content (AvgIpc) is 3.38. The number of benzene rings is 10. The van der Waals surface area contributed by atoms with Gasteiger partial charge in [-0.2, -0.15) is 0 Å². The third-order valence-corrected chi connectivity index (χ3v) is 12.5. The number of hydrogen-bond acceptors (Lipinski definition) is 2. The molecule has 1 aliphatic carbocycles. The highest BCUT2D eigenvalue weighted by Gasteiger charge is 2.18. The van der Waals surface area contributed by atoms with Gasteiger partial charge >= 0.3 is 0 Å². The Labute approximate surface area is 375 Å². The van der Waals surface area contributed by atoms with E-state index < -0.39 is 0 Å². The molecule has 0 unspecified atom stereocenters. The van der Waals surface area contributed by atoms with E-state index in [4.69, 9.17) is 0 Å². The van der Waals surface area contributed by atoms with Crippen molar-refractivity contribution in [2.75, 3.05) is 9.80 Å². The summed E-state index contributed by atoms with van der Waals surface area (Å²) in [4.78, 5) is 4.78. The predicted octanol–water partition coefficient (Wildman–Crippen LogP) is 15.8. The monoisotopic (exact) mass is 818 g/mol. The van der Waals surface area contributed by atoms with Crippen LogP contribution in [-0.4, -0.2) is 0 Å². The van der Waals surface area contributed by atoms with Crippen molar-refractivity contribution in [1.82, 2.24) is 0 Å². The van der Waals surface area contributed by atoms with E-state index in [2.05, 4.69) is 265 Å². The molecular formula is C62H46N2. The molecule has 0 heterocycles. The molecule has 10 aromatic rings. The Hall–Kier alpha value is -8.20. The van der Waals surface area contributed by atoms with E-state index >= 15 is 0 Å². The van der Waals surface area contributed by atoms with Crippen molar-refractivity contribution in [3.05, 3.63) is 253 Å². The van der Waals surface area contributed by atoms with Gasteiger partial charge < -0.3 is 9.80 Å². The SMILES string of the molecule is C1=c2c(N(c3ccc(-c4ccccc4)cc3)c3ccc(-c4ccc(N(c5ccc(-c6ccccc6)cc5)c5ccc(-c6ccccc6)cc5)cc4)cc3)cc3ccccc3c2=CCC1. The van der Waals surface area contributed by atoms with Crippen LogP contribution in [0.1, 0.15) is 12.8 Å². The Bertz CT molecular complexity index is 3220. The van der Waals surface area contributed by atoms with Crippen molar-refractivity contribution in [3.63, 3.8) is 0 Å². The number of fused-ring (bicyclic) bond motifs is 3. The fraction of sp³-hybridized carbons (Fsp3) is 0.0323. The second-order valence-electron chi connectivity index (χ2n) is 16.4. The Morgan fingerprint density at radius 2 is 0.547 bits per heavy atom. The molecular weight excluding hydrogens is 773 g/mol. The van der Waals surface area contributed by atoms with Crippen LogP contribution in [0.15, 0.2) is 243 Å². The molecule has 64 heavy (non-hydrogen) atoms. The van der Waals surface area contributed by atoms with Gasteiger partial charge in [-0.1, -0.05) is 188 Å². The molecule has 0 aliphatic heterocycles. The first kappa shape index (κ1) is 38.7. The lowest BCUT2D eigenvalue weighted by Gasteiger charge is -2.28. The number of rotatable bonds is 10. The van der Waals surface area contributed by atoms with E-state index in [1.807, 2.05) is 0 Å². The summed E-state index contributed by atoms with van der Waals surface area (Å²) in [6.45, 7) is 0. The molecule has 0 saturated carbocycles. The molecule has 0 N–H and O–H groups in total. The van der Waals surface area contributed by atoms with Gasteiger partial charge in [0.25, 0.3) is 0 Å². The van der Waals surface area contributed by atoms with E-state index in [1.54, 1.807) is 0 Å². The van der Waals surface area contributed by atoms with Crippen LogP contribution in [0.3, 0.4) is 0 Å². The highest BCUT2D eigenvalue weighted by molar-refractivity contribution is 5.92. The zero-order valence-electron chi connectivity index (χ0n) is 35.6. The second kappa shape index (κ2) is 17.3. The van der Waals surface area contributed by atoms with Gasteiger partial charge in [0.05, 0.1) is 5.69 Å². The fourth-order valence-corrected chi connectivity index (χ4v) is 9.23. The highest BCUT2D eigenvalue weighted by Crippen LogP contribution is 2.39. The fourth-order valence-electron chi connectivity index (χ4n) is 9.23. The largest absolute Gasteiger partial charge is 0.311 e. The summed E-state index contributed by atoms with van der Waals surface area (Å²) in [5.41, 5.74) is 16.3. The van der Waals surface area contributed by atoms with Crippen LogP contribution in [0.25, 0.3) is 67.4 Å². The van der Waals surface area contributed by atoms with Crippen LogP contribution in [0, 0.1) is 0 Å². The van der Waals surface area contributed by atoms with E-state index in [9.17, 15) is 0 Å². The van der Waals surface area contributed by atoms with Crippen LogP contribution in [0.2, 0.25) is 0 Å². The smallest absolute Gasteiger partial charge is 0.0543 e. The summed E-state index contributed by atoms with van der Waals surface area (Å²) >= 11 is 0. The molecule has 0 saturated heterocycles. The first-order valence-corrected chi connectivity index (χ1v) is 22.2. The Morgan fingerprint density at radius 1 is 0.250 bits per heavy atom. The lowest BCUT2D eigenvalue weighted by molar-refractivity contribution is 1.12. The van der Waals surface area contributed by atoms with Crippen LogP contribution in [0.5, 0.6) is 0 Å². The van der Waals surface area contributed by atoms with Gasteiger partial charge in [0.2, 0.25) is 0 Å². The first-order valence-electron chi connectivity index (χ1n) is 22.2. The minimum atomic E-state index is 1.03. The van der Waals surface area contributed by atoms with Crippen molar-refractivity contribution >= 4 is 57.0 Å². The summed E-state index contributed by atoms with van der Waals surface area (Å²) in [6.07, 6.45) is 6.93. The normalized spacial score (nSPS) is 11.9. The summed E-state index contributed by atoms with van der Waals surface area (Å²) in [5.74, 6) is 0. The van der Waals surface area contributed by atoms with Crippen molar-refractivity contribution in [1.29, 1.82) is 0 Å². The van der Waals surface area contributed by atoms with Crippen LogP contribution in [-0.2, 0) is 0 Å². The maximum absolute atomic E-state index is 2.44. The number of anilines is 6. The van der Waals surface area contributed by atoms with Crippen molar-refractivity contribution in [2.45, 2.75) is 12.8 Å². The molecule has 0 spiro atoms. The molecule has 0 atom stereocenters. The van der Waals surface area contributed by atoms with E-state index in [0.29, 0.717) is 0 Å². The van der Waals surface area contributed by atoms with Crippen molar-refractivity contribution < 1.29 is 0 Å². The lowest BCUT2D eigenvalue weighted by atomic mass is 9.98. The standard InChI is InChI=1S/C62H46N2/c1-4-14-45(15-5-1)48-24-34-54(35-25-48)63(55-36-26-49(27-37-55)46-16-6-2-7-17-46)56-38-28-51(29-39-56)52-32-42-58(43-33-52)64(57-40-30-50(31-41-57)47-18-8-3-9-19-47)62-44-53-20-10-11-21-59(53)60-22-12-13-23-61(60)62/h1-11,14-44H,12-13H2. The minimum Gasteiger partial charge on any atom is -0.311 e. The molecule has 10 aromatic carbocycles. The van der Waals surface area contributed by atoms with Crippen molar-refractivity contribution in [3.8, 4) is 44.5 Å². The van der Waals surface area contributed by atoms with Gasteiger partial charge in [0.1, 0.15) is 0 Å². The maximum atomic E-state index is 2.44. The Kier molecular flexibility index (Phi) is 10.5. The third kappa shape index (κ3) is 7.67. The van der Waals surface area contributed by atoms with E-state index in [-0.39, 0.29) is 0 Å². The van der Waals surface area contributed by atoms with Gasteiger partial charge in [0, 0.05) is 33.7 Å². The Balaban J connectivity index is 0.950.